The number of hydrogen-bond acceptors (Lipinski definition) is 2. The van der Waals surface area contributed by atoms with Crippen LogP contribution in [-0.2, 0) is 10.0 Å². The van der Waals surface area contributed by atoms with Gasteiger partial charge < -0.3 is 0 Å². The zero-order valence-electron chi connectivity index (χ0n) is 7.71. The Balaban J connectivity index is 0.00000144. The third-order valence-electron chi connectivity index (χ3n) is 2.40. The fourth-order valence-electron chi connectivity index (χ4n) is 1.68. The molecule has 1 fully saturated rings. The Kier molecular flexibility index (Phi) is 3.12. The van der Waals surface area contributed by atoms with E-state index in [1.54, 1.807) is 0 Å². The molecule has 0 aliphatic heterocycles. The van der Waals surface area contributed by atoms with Crippen LogP contribution < -0.4 is 4.72 Å². The minimum absolute atomic E-state index is 0. The Hall–Kier alpha value is -0.0900. The maximum Gasteiger partial charge on any atom is 0.208 e. The second-order valence-electron chi connectivity index (χ2n) is 3.85. The minimum atomic E-state index is -2.99. The first-order valence-corrected chi connectivity index (χ1v) is 6.34. The van der Waals surface area contributed by atoms with Crippen molar-refractivity contribution in [3.05, 3.63) is 0 Å². The average Bonchev–Trinajstić information content (AvgIpc) is 1.91. The lowest BCUT2D eigenvalue weighted by atomic mass is 9.88. The first-order chi connectivity index (χ1) is 5.47. The second-order valence-corrected chi connectivity index (χ2v) is 5.63. The van der Waals surface area contributed by atoms with Crippen molar-refractivity contribution in [2.24, 2.45) is 5.92 Å². The van der Waals surface area contributed by atoms with Crippen molar-refractivity contribution < 1.29 is 9.84 Å². The summed E-state index contributed by atoms with van der Waals surface area (Å²) in [5.41, 5.74) is 0. The summed E-state index contributed by atoms with van der Waals surface area (Å²) in [4.78, 5) is 0. The summed E-state index contributed by atoms with van der Waals surface area (Å²) < 4.78 is 24.4. The predicted octanol–water partition coefficient (Wildman–Crippen LogP) is 1.36. The highest BCUT2D eigenvalue weighted by Crippen LogP contribution is 2.23. The lowest BCUT2D eigenvalue weighted by molar-refractivity contribution is 0.332. The summed E-state index contributed by atoms with van der Waals surface area (Å²) in [6, 6.07) is 0.191. The normalized spacial score (nSPS) is 31.8. The Bertz CT molecular complexity index is 233. The number of hydrogen-bond donors (Lipinski definition) is 1. The molecule has 4 heteroatoms. The highest BCUT2D eigenvalue weighted by molar-refractivity contribution is 7.88. The van der Waals surface area contributed by atoms with Crippen LogP contribution in [0, 0.1) is 5.92 Å². The van der Waals surface area contributed by atoms with Gasteiger partial charge in [-0.05, 0) is 31.6 Å². The molecule has 74 valence electrons. The molecule has 0 spiro atoms. The molecule has 0 radical (unpaired) electrons. The van der Waals surface area contributed by atoms with Gasteiger partial charge in [0, 0.05) is 7.47 Å². The number of rotatable bonds is 2. The molecule has 1 rings (SSSR count). The lowest BCUT2D eigenvalue weighted by Gasteiger charge is -2.25. The minimum Gasteiger partial charge on any atom is -0.213 e. The van der Waals surface area contributed by atoms with E-state index in [0.29, 0.717) is 0 Å². The topological polar surface area (TPSA) is 46.2 Å². The molecule has 3 nitrogen and oxygen atoms in total. The summed E-state index contributed by atoms with van der Waals surface area (Å²) in [7, 11) is -2.99. The average molecular weight is 193 g/mol. The van der Waals surface area contributed by atoms with Crippen molar-refractivity contribution in [2.75, 3.05) is 6.26 Å². The smallest absolute Gasteiger partial charge is 0.208 e. The van der Waals surface area contributed by atoms with Gasteiger partial charge in [0.2, 0.25) is 10.0 Å². The zero-order chi connectivity index (χ0) is 9.19. The molecule has 12 heavy (non-hydrogen) atoms. The molecule has 0 bridgehead atoms. The molecule has 0 aromatic heterocycles. The van der Waals surface area contributed by atoms with Crippen LogP contribution in [0.15, 0.2) is 0 Å². The van der Waals surface area contributed by atoms with Crippen LogP contribution in [0.3, 0.4) is 0 Å². The van der Waals surface area contributed by atoms with E-state index < -0.39 is 10.0 Å². The highest BCUT2D eigenvalue weighted by Gasteiger charge is 2.20. The van der Waals surface area contributed by atoms with Crippen LogP contribution in [0.25, 0.3) is 0 Å². The van der Waals surface area contributed by atoms with E-state index >= 15 is 0 Å². The molecule has 1 aliphatic rings. The second kappa shape index (κ2) is 3.75. The van der Waals surface area contributed by atoms with Gasteiger partial charge in [0.05, 0.1) is 6.26 Å². The third kappa shape index (κ3) is 3.54. The van der Waals surface area contributed by atoms with E-state index in [9.17, 15) is 8.42 Å². The van der Waals surface area contributed by atoms with Gasteiger partial charge in [0.25, 0.3) is 0 Å². The largest absolute Gasteiger partial charge is 0.213 e. The fraction of sp³-hybridized carbons (Fsp3) is 1.00. The summed E-state index contributed by atoms with van der Waals surface area (Å²) in [5.74, 6) is 0.766. The molecule has 0 unspecified atom stereocenters. The van der Waals surface area contributed by atoms with E-state index in [-0.39, 0.29) is 7.47 Å². The number of sulfonamides is 1. The van der Waals surface area contributed by atoms with Crippen molar-refractivity contribution >= 4 is 10.0 Å². The van der Waals surface area contributed by atoms with Crippen LogP contribution in [0.4, 0.5) is 0 Å². The molecule has 0 saturated heterocycles. The Morgan fingerprint density at radius 1 is 1.25 bits per heavy atom. The molecule has 0 heterocycles. The summed E-state index contributed by atoms with van der Waals surface area (Å²) in [6.07, 6.45) is 5.51. The number of nitrogens with one attached hydrogen (secondary N) is 1. The molecule has 0 aromatic carbocycles. The van der Waals surface area contributed by atoms with Gasteiger partial charge in [0.15, 0.2) is 0 Å². The first kappa shape index (κ1) is 9.99. The van der Waals surface area contributed by atoms with Gasteiger partial charge in [-0.2, -0.15) is 0 Å². The highest BCUT2D eigenvalue weighted by atomic mass is 32.2. The quantitative estimate of drug-likeness (QED) is 0.719. The van der Waals surface area contributed by atoms with E-state index in [2.05, 4.69) is 11.6 Å². The molecular weight excluding hydrogens is 174 g/mol. The van der Waals surface area contributed by atoms with E-state index in [0.717, 1.165) is 31.6 Å². The summed E-state index contributed by atoms with van der Waals surface area (Å²) in [6.45, 7) is 2.22. The van der Waals surface area contributed by atoms with Gasteiger partial charge in [0.1, 0.15) is 0 Å². The van der Waals surface area contributed by atoms with Crippen molar-refractivity contribution in [1.29, 1.82) is 0 Å². The maximum atomic E-state index is 10.9. The van der Waals surface area contributed by atoms with Gasteiger partial charge in [-0.3, -0.25) is 0 Å². The zero-order valence-corrected chi connectivity index (χ0v) is 8.52. The van der Waals surface area contributed by atoms with E-state index in [4.69, 9.17) is 0 Å². The Morgan fingerprint density at radius 3 is 2.17 bits per heavy atom. The lowest BCUT2D eigenvalue weighted by Crippen LogP contribution is -2.36. The van der Waals surface area contributed by atoms with Crippen LogP contribution in [0.2, 0.25) is 0 Å². The molecule has 0 atom stereocenters. The Labute approximate surface area is 76.1 Å². The first-order valence-electron chi connectivity index (χ1n) is 4.44. The molecular formula is C8H19NO2S. The van der Waals surface area contributed by atoms with Gasteiger partial charge in [-0.25, -0.2) is 13.1 Å². The van der Waals surface area contributed by atoms with Gasteiger partial charge in [-0.15, -0.1) is 0 Å². The monoisotopic (exact) mass is 193 g/mol. The molecule has 0 amide bonds. The van der Waals surface area contributed by atoms with Crippen molar-refractivity contribution in [3.8, 4) is 0 Å². The van der Waals surface area contributed by atoms with Crippen LogP contribution in [-0.4, -0.2) is 20.7 Å². The van der Waals surface area contributed by atoms with Crippen LogP contribution >= 0.6 is 0 Å². The summed E-state index contributed by atoms with van der Waals surface area (Å²) in [5, 5.41) is 0. The SMILES string of the molecule is CC1CCC(NS(C)(=O)=O)CC1.[HH]. The Morgan fingerprint density at radius 2 is 1.75 bits per heavy atom. The molecule has 1 aliphatic carbocycles. The van der Waals surface area contributed by atoms with Crippen LogP contribution in [0.1, 0.15) is 34.0 Å². The fourth-order valence-corrected chi connectivity index (χ4v) is 2.52. The van der Waals surface area contributed by atoms with Gasteiger partial charge in [-0.1, -0.05) is 6.92 Å². The van der Waals surface area contributed by atoms with E-state index in [1.165, 1.54) is 6.26 Å². The summed E-state index contributed by atoms with van der Waals surface area (Å²) >= 11 is 0. The predicted molar refractivity (Wildman–Crippen MR) is 51.5 cm³/mol. The standard InChI is InChI=1S/C8H17NO2S.H2/c1-7-3-5-8(6-4-7)9-12(2,10)11;/h7-9H,3-6H2,1-2H3;1H. The maximum absolute atomic E-state index is 10.9. The van der Waals surface area contributed by atoms with Crippen molar-refractivity contribution in [1.82, 2.24) is 4.72 Å². The van der Waals surface area contributed by atoms with Crippen molar-refractivity contribution in [2.45, 2.75) is 38.6 Å². The molecule has 0 aromatic rings. The van der Waals surface area contributed by atoms with E-state index in [1.807, 2.05) is 0 Å². The van der Waals surface area contributed by atoms with Crippen LogP contribution in [0.5, 0.6) is 0 Å². The van der Waals surface area contributed by atoms with Crippen molar-refractivity contribution in [3.63, 3.8) is 0 Å². The van der Waals surface area contributed by atoms with Gasteiger partial charge >= 0.3 is 0 Å². The molecule has 1 saturated carbocycles. The third-order valence-corrected chi connectivity index (χ3v) is 3.16. The molecule has 1 N–H and O–H groups in total.